The number of ether oxygens (including phenoxy) is 1. The maximum absolute atomic E-state index is 12.3. The molecule has 2 aromatic rings. The van der Waals surface area contributed by atoms with Crippen LogP contribution in [0, 0.1) is 0 Å². The van der Waals surface area contributed by atoms with Gasteiger partial charge in [-0.05, 0) is 26.0 Å². The number of carbonyl (C=O) groups excluding carboxylic acids is 1. The van der Waals surface area contributed by atoms with E-state index in [-0.39, 0.29) is 11.5 Å². The number of aromatic nitrogens is 2. The molecule has 0 aliphatic heterocycles. The van der Waals surface area contributed by atoms with E-state index in [0.717, 1.165) is 16.5 Å². The third-order valence-electron chi connectivity index (χ3n) is 2.79. The van der Waals surface area contributed by atoms with E-state index in [1.165, 1.54) is 7.11 Å². The summed E-state index contributed by atoms with van der Waals surface area (Å²) in [6, 6.07) is 6.99. The molecule has 0 amide bonds. The molecule has 21 heavy (non-hydrogen) atoms. The number of thioether (sulfide) groups is 1. The van der Waals surface area contributed by atoms with Crippen molar-refractivity contribution in [3.8, 4) is 0 Å². The maximum atomic E-state index is 12.3. The zero-order chi connectivity index (χ0) is 15.4. The fourth-order valence-corrected chi connectivity index (χ4v) is 2.68. The topological polar surface area (TPSA) is 70.4 Å². The second-order valence-electron chi connectivity index (χ2n) is 4.21. The minimum absolute atomic E-state index is 0.304. The lowest BCUT2D eigenvalue weighted by Gasteiger charge is -2.14. The minimum atomic E-state index is -0.487. The molecule has 7 heteroatoms. The lowest BCUT2D eigenvalue weighted by molar-refractivity contribution is -0.142. The third-order valence-corrected chi connectivity index (χ3v) is 3.81. The van der Waals surface area contributed by atoms with Crippen molar-refractivity contribution in [1.29, 1.82) is 0 Å². The quantitative estimate of drug-likeness (QED) is 0.473. The highest BCUT2D eigenvalue weighted by molar-refractivity contribution is 8.00. The smallest absolute Gasteiger partial charge is 0.319 e. The van der Waals surface area contributed by atoms with Crippen molar-refractivity contribution in [1.82, 2.24) is 9.71 Å². The van der Waals surface area contributed by atoms with Crippen molar-refractivity contribution in [2.45, 2.75) is 24.3 Å². The summed E-state index contributed by atoms with van der Waals surface area (Å²) in [6.07, 6.45) is 0. The summed E-state index contributed by atoms with van der Waals surface area (Å²) in [4.78, 5) is 33.5. The molecule has 0 spiro atoms. The van der Waals surface area contributed by atoms with Gasteiger partial charge >= 0.3 is 5.97 Å². The number of esters is 1. The number of hydrogen-bond acceptors (Lipinski definition) is 6. The van der Waals surface area contributed by atoms with Crippen LogP contribution in [0.2, 0.25) is 0 Å². The van der Waals surface area contributed by atoms with Crippen LogP contribution >= 0.6 is 11.8 Å². The predicted molar refractivity (Wildman–Crippen MR) is 80.5 cm³/mol. The fourth-order valence-electron chi connectivity index (χ4n) is 1.80. The molecule has 1 aromatic heterocycles. The van der Waals surface area contributed by atoms with Crippen LogP contribution in [0.5, 0.6) is 0 Å². The molecule has 0 saturated carbocycles. The van der Waals surface area contributed by atoms with Crippen LogP contribution in [0.1, 0.15) is 13.8 Å². The van der Waals surface area contributed by atoms with Gasteiger partial charge in [0.1, 0.15) is 12.4 Å². The second kappa shape index (κ2) is 6.62. The van der Waals surface area contributed by atoms with Crippen molar-refractivity contribution in [2.24, 2.45) is 0 Å². The fraction of sp³-hybridized carbons (Fsp3) is 0.357. The molecule has 6 nitrogen and oxygen atoms in total. The molecule has 0 aliphatic carbocycles. The molecule has 0 N–H and O–H groups in total. The third kappa shape index (κ3) is 3.18. The molecule has 1 heterocycles. The second-order valence-corrected chi connectivity index (χ2v) is 5.51. The Morgan fingerprint density at radius 1 is 1.43 bits per heavy atom. The maximum Gasteiger partial charge on any atom is 0.319 e. The lowest BCUT2D eigenvalue weighted by Crippen LogP contribution is -2.29. The van der Waals surface area contributed by atoms with E-state index in [9.17, 15) is 9.59 Å². The summed E-state index contributed by atoms with van der Waals surface area (Å²) in [5.74, 6) is -0.354. The molecule has 0 fully saturated rings. The van der Waals surface area contributed by atoms with Gasteiger partial charge in [-0.3, -0.25) is 9.59 Å². The van der Waals surface area contributed by atoms with E-state index < -0.39 is 5.25 Å². The van der Waals surface area contributed by atoms with E-state index >= 15 is 0 Å². The zero-order valence-electron chi connectivity index (χ0n) is 12.0. The van der Waals surface area contributed by atoms with Gasteiger partial charge in [-0.2, -0.15) is 0 Å². The average molecular weight is 308 g/mol. The Morgan fingerprint density at radius 2 is 2.14 bits per heavy atom. The van der Waals surface area contributed by atoms with Gasteiger partial charge in [-0.25, -0.2) is 4.98 Å². The van der Waals surface area contributed by atoms with Gasteiger partial charge in [0, 0.05) is 0 Å². The summed E-state index contributed by atoms with van der Waals surface area (Å²) in [5, 5.41) is 0.300. The first-order valence-corrected chi connectivity index (χ1v) is 7.36. The predicted octanol–water partition coefficient (Wildman–Crippen LogP) is 1.50. The Labute approximate surface area is 126 Å². The van der Waals surface area contributed by atoms with Gasteiger partial charge in [-0.1, -0.05) is 23.9 Å². The van der Waals surface area contributed by atoms with Gasteiger partial charge in [0.15, 0.2) is 0 Å². The summed E-state index contributed by atoms with van der Waals surface area (Å²) in [6.45, 7) is 3.75. The monoisotopic (exact) mass is 308 g/mol. The molecular weight excluding hydrogens is 292 g/mol. The molecular formula is C14H16N2O4S. The highest BCUT2D eigenvalue weighted by atomic mass is 32.2. The van der Waals surface area contributed by atoms with Gasteiger partial charge in [0.25, 0.3) is 5.56 Å². The Kier molecular flexibility index (Phi) is 4.85. The zero-order valence-corrected chi connectivity index (χ0v) is 12.8. The Morgan fingerprint density at radius 3 is 2.81 bits per heavy atom. The van der Waals surface area contributed by atoms with E-state index in [1.54, 1.807) is 38.1 Å². The minimum Gasteiger partial charge on any atom is -0.465 e. The van der Waals surface area contributed by atoms with Gasteiger partial charge < -0.3 is 9.57 Å². The highest BCUT2D eigenvalue weighted by Crippen LogP contribution is 2.22. The van der Waals surface area contributed by atoms with Crippen LogP contribution in [-0.4, -0.2) is 34.7 Å². The van der Waals surface area contributed by atoms with Crippen molar-refractivity contribution in [3.05, 3.63) is 34.6 Å². The van der Waals surface area contributed by atoms with Crippen LogP contribution in [-0.2, 0) is 9.53 Å². The van der Waals surface area contributed by atoms with E-state index in [2.05, 4.69) is 4.98 Å². The molecule has 1 aromatic carbocycles. The average Bonchev–Trinajstić information content (AvgIpc) is 2.48. The molecule has 112 valence electrons. The summed E-state index contributed by atoms with van der Waals surface area (Å²) in [5.41, 5.74) is 0.260. The van der Waals surface area contributed by atoms with E-state index in [4.69, 9.17) is 9.57 Å². The SMILES string of the molecule is CCOC(=O)C(C)Sc1nc2ccccc2c(=O)n1OC. The molecule has 0 saturated heterocycles. The Bertz CT molecular complexity index is 714. The number of rotatable bonds is 5. The van der Waals surface area contributed by atoms with Crippen molar-refractivity contribution in [2.75, 3.05) is 13.7 Å². The van der Waals surface area contributed by atoms with Crippen molar-refractivity contribution >= 4 is 28.6 Å². The van der Waals surface area contributed by atoms with Gasteiger partial charge in [-0.15, -0.1) is 4.73 Å². The first kappa shape index (κ1) is 15.4. The van der Waals surface area contributed by atoms with Crippen LogP contribution in [0.25, 0.3) is 10.9 Å². The Balaban J connectivity index is 2.43. The molecule has 1 unspecified atom stereocenters. The summed E-state index contributed by atoms with van der Waals surface area (Å²) >= 11 is 1.12. The largest absolute Gasteiger partial charge is 0.465 e. The molecule has 2 rings (SSSR count). The first-order chi connectivity index (χ1) is 10.1. The molecule has 0 aliphatic rings. The number of carbonyl (C=O) groups is 1. The number of fused-ring (bicyclic) bond motifs is 1. The first-order valence-electron chi connectivity index (χ1n) is 6.48. The van der Waals surface area contributed by atoms with Crippen LogP contribution in [0.15, 0.2) is 34.2 Å². The van der Waals surface area contributed by atoms with Gasteiger partial charge in [0.05, 0.1) is 17.5 Å². The number of para-hydroxylation sites is 1. The number of benzene rings is 1. The van der Waals surface area contributed by atoms with Crippen molar-refractivity contribution < 1.29 is 14.4 Å². The highest BCUT2D eigenvalue weighted by Gasteiger charge is 2.20. The standard InChI is InChI=1S/C14H16N2O4S/c1-4-20-13(18)9(2)21-14-15-11-8-6-5-7-10(11)12(17)16(14)19-3/h5-9H,4H2,1-3H3. The molecule has 0 radical (unpaired) electrons. The summed E-state index contributed by atoms with van der Waals surface area (Å²) in [7, 11) is 1.39. The molecule has 0 bridgehead atoms. The van der Waals surface area contributed by atoms with Crippen LogP contribution in [0.4, 0.5) is 0 Å². The lowest BCUT2D eigenvalue weighted by atomic mass is 10.2. The van der Waals surface area contributed by atoms with Crippen LogP contribution < -0.4 is 10.4 Å². The summed E-state index contributed by atoms with van der Waals surface area (Å²) < 4.78 is 6.04. The Hall–Kier alpha value is -2.02. The molecule has 1 atom stereocenters. The number of hydrogen-bond donors (Lipinski definition) is 0. The number of nitrogens with zero attached hydrogens (tertiary/aromatic N) is 2. The van der Waals surface area contributed by atoms with Crippen LogP contribution in [0.3, 0.4) is 0 Å². The normalized spacial score (nSPS) is 12.1. The van der Waals surface area contributed by atoms with E-state index in [0.29, 0.717) is 22.7 Å². The van der Waals surface area contributed by atoms with Gasteiger partial charge in [0.2, 0.25) is 5.16 Å². The van der Waals surface area contributed by atoms with Crippen molar-refractivity contribution in [3.63, 3.8) is 0 Å². The van der Waals surface area contributed by atoms with E-state index in [1.807, 2.05) is 0 Å².